The van der Waals surface area contributed by atoms with E-state index in [4.69, 9.17) is 26.6 Å². The third kappa shape index (κ3) is 70.5. The van der Waals surface area contributed by atoms with E-state index in [0.29, 0.717) is 72.6 Å². The Labute approximate surface area is 632 Å². The number of carbonyl (C=O) groups excluding carboxylic acids is 5. The summed E-state index contributed by atoms with van der Waals surface area (Å²) in [7, 11) is 4.74. The second-order valence-electron chi connectivity index (χ2n) is 20.6. The van der Waals surface area contributed by atoms with Crippen molar-refractivity contribution in [3.8, 4) is 0 Å². The number of methoxy groups -OCH3 is 2. The van der Waals surface area contributed by atoms with Gasteiger partial charge in [-0.2, -0.15) is 0 Å². The van der Waals surface area contributed by atoms with Gasteiger partial charge in [-0.1, -0.05) is 278 Å². The van der Waals surface area contributed by atoms with Gasteiger partial charge in [-0.25, -0.2) is 9.59 Å². The molecule has 0 saturated carbocycles. The van der Waals surface area contributed by atoms with Gasteiger partial charge in [0, 0.05) is 50.9 Å². The molecule has 0 fully saturated rings. The van der Waals surface area contributed by atoms with Gasteiger partial charge in [0.25, 0.3) is 0 Å². The van der Waals surface area contributed by atoms with Gasteiger partial charge in [0.2, 0.25) is 0 Å². The van der Waals surface area contributed by atoms with Crippen LogP contribution in [0.2, 0.25) is 0 Å². The Kier molecular flexibility index (Phi) is 97.7. The molecule has 0 radical (unpaired) electrons. The number of ether oxygens (including phenoxy) is 3. The Morgan fingerprint density at radius 1 is 0.742 bits per heavy atom. The number of hydrogen-bond donors (Lipinski definition) is 2. The number of cyclic esters (lactones) is 1. The molecule has 0 amide bonds. The van der Waals surface area contributed by atoms with Crippen LogP contribution < -0.4 is 0 Å². The van der Waals surface area contributed by atoms with Gasteiger partial charge in [-0.05, 0) is 121 Å². The van der Waals surface area contributed by atoms with Crippen molar-refractivity contribution >= 4 is 200 Å². The molecule has 0 saturated heterocycles. The molecule has 1 heterocycles. The third-order valence-electron chi connectivity index (χ3n) is 13.9. The van der Waals surface area contributed by atoms with Crippen LogP contribution in [-0.4, -0.2) is 102 Å². The summed E-state index contributed by atoms with van der Waals surface area (Å²) >= 11 is 15.4. The minimum Gasteiger partial charge on any atom is -0.468 e. The average Bonchev–Trinajstić information content (AvgIpc) is 3.27. The molecule has 24 heteroatoms. The van der Waals surface area contributed by atoms with Gasteiger partial charge < -0.3 is 43.1 Å². The average molecular weight is 1940 g/mol. The highest BCUT2D eigenvalue weighted by Crippen LogP contribution is 2.53. The zero-order valence-electron chi connectivity index (χ0n) is 59.7. The number of carbonyl (C=O) groups is 5. The van der Waals surface area contributed by atoms with Crippen LogP contribution in [0.5, 0.6) is 0 Å². The summed E-state index contributed by atoms with van der Waals surface area (Å²) in [6.07, 6.45) is 25.1. The maximum absolute atomic E-state index is 12.0. The molecular weight excluding hydrogens is 1810 g/mol. The first-order valence-corrected chi connectivity index (χ1v) is 42.0. The van der Waals surface area contributed by atoms with E-state index >= 15 is 0 Å². The molecule has 0 aliphatic carbocycles. The lowest BCUT2D eigenvalue weighted by Gasteiger charge is -2.24. The van der Waals surface area contributed by atoms with Gasteiger partial charge in [0.1, 0.15) is 18.7 Å². The first-order chi connectivity index (χ1) is 42.2. The summed E-state index contributed by atoms with van der Waals surface area (Å²) < 4.78 is 59.1. The predicted molar refractivity (Wildman–Crippen MR) is 442 cm³/mol. The van der Waals surface area contributed by atoms with Crippen LogP contribution >= 0.6 is 158 Å². The van der Waals surface area contributed by atoms with Crippen LogP contribution in [0.15, 0.2) is 74.1 Å². The van der Waals surface area contributed by atoms with Crippen LogP contribution in [0, 0.1) is 65.1 Å². The van der Waals surface area contributed by atoms with Crippen LogP contribution in [0.3, 0.4) is 0 Å². The van der Waals surface area contributed by atoms with Gasteiger partial charge in [-0.15, -0.1) is 21.6 Å². The van der Waals surface area contributed by atoms with E-state index in [1.807, 2.05) is 41.5 Å². The molecule has 13 nitrogen and oxygen atoms in total. The predicted octanol–water partition coefficient (Wildman–Crippen LogP) is 21.5. The first-order valence-electron chi connectivity index (χ1n) is 31.0. The monoisotopic (exact) mass is 1940 g/mol. The number of allylic oxidation sites excluding steroid dienone is 5. The van der Waals surface area contributed by atoms with E-state index in [1.165, 1.54) is 46.8 Å². The molecule has 0 aromatic heterocycles. The molecule has 89 heavy (non-hydrogen) atoms. The van der Waals surface area contributed by atoms with E-state index in [0.717, 1.165) is 56.4 Å². The Balaban J connectivity index is -0.000000103. The zero-order valence-corrected chi connectivity index (χ0v) is 74.2. The topological polar surface area (TPSA) is 189 Å². The molecule has 4 unspecified atom stereocenters. The summed E-state index contributed by atoms with van der Waals surface area (Å²) in [5.41, 5.74) is 0.532. The van der Waals surface area contributed by atoms with Crippen LogP contribution in [0.25, 0.3) is 0 Å². The molecule has 0 aromatic carbocycles. The fraction of sp³-hybridized carbons (Fsp3) is 0.708. The van der Waals surface area contributed by atoms with Gasteiger partial charge in [0.05, 0.1) is 36.4 Å². The van der Waals surface area contributed by atoms with Gasteiger partial charge in [-0.3, -0.25) is 9.36 Å². The quantitative estimate of drug-likeness (QED) is 0.0180. The Hall–Kier alpha value is 1.32. The number of aliphatic hydroxyl groups excluding tert-OH is 2. The largest absolute Gasteiger partial charge is 0.468 e. The van der Waals surface area contributed by atoms with Gasteiger partial charge >= 0.3 is 26.8 Å². The summed E-state index contributed by atoms with van der Waals surface area (Å²) in [5, 5.41) is 15.6. The molecule has 528 valence electrons. The van der Waals surface area contributed by atoms with Crippen molar-refractivity contribution in [3.63, 3.8) is 0 Å². The highest BCUT2D eigenvalue weighted by atomic mass is 127. The molecule has 1 aliphatic heterocycles. The summed E-state index contributed by atoms with van der Waals surface area (Å²) in [5.74, 6) is 4.93. The summed E-state index contributed by atoms with van der Waals surface area (Å²) in [6.45, 7) is 36.8. The Morgan fingerprint density at radius 2 is 1.10 bits per heavy atom. The number of hydrogen-bond acceptors (Lipinski definition) is 14. The van der Waals surface area contributed by atoms with E-state index in [9.17, 15) is 28.5 Å². The minimum atomic E-state index is -3.36. The fourth-order valence-corrected chi connectivity index (χ4v) is 11.5. The van der Waals surface area contributed by atoms with Crippen molar-refractivity contribution < 1.29 is 63.4 Å². The SMILES string of the molecule is CC1=CC[C@@H]([C@@H](C)/C=C\I)OC1=O.CCC[C@H](C)[C@@H](C)/C=C\I.CCC[C@H](C)[C@@H](C)C=O.CCOP(=O)(OCC)C(C)C(=O)OC.CO.COC(=O)/C(C)=C\C[C@H](C)[C@@H](C)/C=C\I.C[C@@H](/C=C\I)[C@@H](C)CC=O.C[C@@H](/C=C\I)[C@@H](C)CCO.Cl.[2H]CP.[3H][P+](P)=S. The normalized spacial score (nSPS) is 17.0. The highest BCUT2D eigenvalue weighted by Gasteiger charge is 2.38. The molecule has 0 aromatic rings. The molecule has 0 spiro atoms. The summed E-state index contributed by atoms with van der Waals surface area (Å²) in [6, 6.07) is 0. The van der Waals surface area contributed by atoms with Crippen molar-refractivity contribution in [2.24, 2.45) is 65.1 Å². The maximum Gasteiger partial charge on any atom is 0.355 e. The molecule has 1 rings (SSSR count). The molecule has 0 bridgehead atoms. The van der Waals surface area contributed by atoms with E-state index < -0.39 is 26.2 Å². The molecule has 1 aliphatic rings. The fourth-order valence-electron chi connectivity index (χ4n) is 6.58. The lowest BCUT2D eigenvalue weighted by atomic mass is 9.92. The highest BCUT2D eigenvalue weighted by molar-refractivity contribution is 14.1. The lowest BCUT2D eigenvalue weighted by Crippen LogP contribution is -2.27. The van der Waals surface area contributed by atoms with Gasteiger partial charge in [0.15, 0.2) is 24.5 Å². The van der Waals surface area contributed by atoms with Crippen molar-refractivity contribution in [2.45, 2.75) is 188 Å². The molecular formula is C65H123ClI5O13P4S+. The second kappa shape index (κ2) is 81.7. The number of esters is 3. The first kappa shape index (κ1) is 106. The third-order valence-corrected chi connectivity index (χ3v) is 18.4. The maximum atomic E-state index is 12.0. The van der Waals surface area contributed by atoms with Crippen LogP contribution in [-0.2, 0) is 63.6 Å². The molecule has 16 atom stereocenters. The summed E-state index contributed by atoms with van der Waals surface area (Å²) in [4.78, 5) is 53.8. The Morgan fingerprint density at radius 3 is 1.40 bits per heavy atom. The molecule has 2 N–H and O–H groups in total. The number of aldehydes is 2. The van der Waals surface area contributed by atoms with E-state index in [1.54, 1.807) is 27.7 Å². The Bertz CT molecular complexity index is 1980. The van der Waals surface area contributed by atoms with Crippen molar-refractivity contribution in [1.82, 2.24) is 0 Å². The van der Waals surface area contributed by atoms with Crippen molar-refractivity contribution in [2.75, 3.05) is 47.8 Å². The minimum absolute atomic E-state index is 0. The lowest BCUT2D eigenvalue weighted by molar-refractivity contribution is -0.147. The zero-order chi connectivity index (χ0) is 72.4. The second-order valence-corrected chi connectivity index (χ2v) is 29.3. The number of aliphatic hydroxyl groups is 2. The van der Waals surface area contributed by atoms with Crippen molar-refractivity contribution in [1.29, 1.82) is 1.28 Å². The number of halogens is 6. The van der Waals surface area contributed by atoms with E-state index in [-0.39, 0.29) is 49.6 Å². The van der Waals surface area contributed by atoms with Crippen LogP contribution in [0.4, 0.5) is 0 Å². The van der Waals surface area contributed by atoms with E-state index in [2.05, 4.69) is 264 Å². The standard InChI is InChI=1S/C12H19IO2.C10H13IO2.C9H17I.C8H15IO.C8H13IO.C8H17O5P.C8H16O.CH4O.CH5P.ClH.H2P2S/c1-9(10(2)7-8-13)5-6-11(3)12(14)15-4;1-7(5-6-11)9-4-3-8(2)10(12)13-9;1-4-5-8(2)9(3)6-7-10;2*1-7(3-5-9)8(2)4-6-10;1-5-12-14(10,13-6-2)7(3)8(9)11-4;1-4-5-7(2)8(3)6-9;2*1-2;;1-2-3/h6-10H,5H2,1-4H3;3,5-7,9H,4H2,1-2H3;6-9H,4-5H2,1-3H3;3,5,7-8,10H,4,6H2,1-2H3;3,5-8H,4H2,1-2H3;7H,5-6H2,1-4H3;6-8H,4-5H2,1-3H3;2H,1H3;2H2,1H3;1H;1H2/p+1/b8-7-,11-6-;6-5-;7-6-;2*5-3-;;;;;;/t9-,10-;7-,9-;8-,9-;2*7-,8-;;7-,8-;;;;/m00000.0..../s1/i;;;;;;;;1D;;/hT. The van der Waals surface area contributed by atoms with Crippen LogP contribution in [0.1, 0.15) is 177 Å². The smallest absolute Gasteiger partial charge is 0.355 e. The number of rotatable bonds is 29. The van der Waals surface area contributed by atoms with Crippen molar-refractivity contribution in [3.05, 3.63) is 74.1 Å².